The van der Waals surface area contributed by atoms with Crippen LogP contribution >= 0.6 is 34.3 Å². The molecule has 2 N–H and O–H groups in total. The molecule has 0 aliphatic heterocycles. The van der Waals surface area contributed by atoms with E-state index in [9.17, 15) is 5.11 Å². The van der Waals surface area contributed by atoms with Crippen LogP contribution in [0, 0.1) is 0 Å². The van der Waals surface area contributed by atoms with E-state index in [-0.39, 0.29) is 6.04 Å². The zero-order valence-corrected chi connectivity index (χ0v) is 12.5. The molecule has 0 saturated heterocycles. The summed E-state index contributed by atoms with van der Waals surface area (Å²) < 4.78 is 0.809. The van der Waals surface area contributed by atoms with Crippen molar-refractivity contribution in [2.45, 2.75) is 25.5 Å². The van der Waals surface area contributed by atoms with E-state index in [1.165, 1.54) is 4.88 Å². The molecule has 0 aliphatic carbocycles. The van der Waals surface area contributed by atoms with Crippen molar-refractivity contribution in [2.75, 3.05) is 6.54 Å². The number of aliphatic hydroxyl groups excluding tert-OH is 1. The second kappa shape index (κ2) is 6.68. The molecule has 2 nitrogen and oxygen atoms in total. The lowest BCUT2D eigenvalue weighted by molar-refractivity contribution is 0.170. The van der Waals surface area contributed by atoms with Gasteiger partial charge in [-0.2, -0.15) is 11.3 Å². The molecule has 0 amide bonds. The van der Waals surface area contributed by atoms with Gasteiger partial charge in [0.2, 0.25) is 0 Å². The molecule has 2 aromatic heterocycles. The van der Waals surface area contributed by atoms with Gasteiger partial charge in [-0.15, -0.1) is 11.3 Å². The molecule has 2 unspecified atom stereocenters. The van der Waals surface area contributed by atoms with Crippen molar-refractivity contribution in [3.63, 3.8) is 0 Å². The van der Waals surface area contributed by atoms with Gasteiger partial charge in [0, 0.05) is 17.5 Å². The van der Waals surface area contributed by atoms with Crippen LogP contribution in [0.5, 0.6) is 0 Å². The van der Waals surface area contributed by atoms with Gasteiger partial charge in [-0.1, -0.05) is 18.5 Å². The van der Waals surface area contributed by atoms with Gasteiger partial charge in [-0.25, -0.2) is 0 Å². The Kier molecular flexibility index (Phi) is 5.21. The van der Waals surface area contributed by atoms with Crippen LogP contribution in [0.4, 0.5) is 0 Å². The largest absolute Gasteiger partial charge is 0.387 e. The van der Waals surface area contributed by atoms with Crippen molar-refractivity contribution in [2.24, 2.45) is 0 Å². The molecule has 98 valence electrons. The van der Waals surface area contributed by atoms with E-state index in [0.29, 0.717) is 6.54 Å². The first-order valence-electron chi connectivity index (χ1n) is 5.89. The van der Waals surface area contributed by atoms with E-state index in [0.717, 1.165) is 16.3 Å². The third kappa shape index (κ3) is 3.56. The Balaban J connectivity index is 1.91. The molecule has 18 heavy (non-hydrogen) atoms. The maximum atomic E-state index is 10.0. The van der Waals surface area contributed by atoms with Crippen LogP contribution in [0.2, 0.25) is 4.34 Å². The topological polar surface area (TPSA) is 32.3 Å². The van der Waals surface area contributed by atoms with Gasteiger partial charge >= 0.3 is 0 Å². The van der Waals surface area contributed by atoms with E-state index >= 15 is 0 Å². The Morgan fingerprint density at radius 2 is 2.22 bits per heavy atom. The summed E-state index contributed by atoms with van der Waals surface area (Å²) in [4.78, 5) is 1.22. The zero-order valence-electron chi connectivity index (χ0n) is 10.1. The predicted molar refractivity (Wildman–Crippen MR) is 79.6 cm³/mol. The second-order valence-corrected chi connectivity index (χ2v) is 6.61. The summed E-state index contributed by atoms with van der Waals surface area (Å²) in [5.74, 6) is 0. The van der Waals surface area contributed by atoms with Gasteiger partial charge in [0.05, 0.1) is 10.4 Å². The minimum Gasteiger partial charge on any atom is -0.387 e. The van der Waals surface area contributed by atoms with Crippen LogP contribution in [-0.4, -0.2) is 11.7 Å². The van der Waals surface area contributed by atoms with Gasteiger partial charge in [-0.3, -0.25) is 0 Å². The van der Waals surface area contributed by atoms with Gasteiger partial charge in [0.1, 0.15) is 0 Å². The number of hydrogen-bond donors (Lipinski definition) is 2. The average molecular weight is 302 g/mol. The van der Waals surface area contributed by atoms with E-state index in [2.05, 4.69) is 12.2 Å². The standard InChI is InChI=1S/C13H16ClNOS2/c1-2-10(12-3-4-13(14)18-12)15-7-11(16)9-5-6-17-8-9/h3-6,8,10-11,15-16H,2,7H2,1H3. The van der Waals surface area contributed by atoms with Crippen LogP contribution in [0.25, 0.3) is 0 Å². The third-order valence-corrected chi connectivity index (χ3v) is 4.88. The normalized spacial score (nSPS) is 14.6. The summed E-state index contributed by atoms with van der Waals surface area (Å²) in [7, 11) is 0. The minimum absolute atomic E-state index is 0.260. The summed E-state index contributed by atoms with van der Waals surface area (Å²) in [6.07, 6.45) is 0.536. The molecule has 0 spiro atoms. The smallest absolute Gasteiger partial charge is 0.0931 e. The number of nitrogens with one attached hydrogen (secondary N) is 1. The Labute approximate surface area is 120 Å². The van der Waals surface area contributed by atoms with Gasteiger partial charge in [0.25, 0.3) is 0 Å². The molecule has 2 rings (SSSR count). The molecule has 2 heterocycles. The molecular formula is C13H16ClNOS2. The molecule has 0 radical (unpaired) electrons. The molecular weight excluding hydrogens is 286 g/mol. The van der Waals surface area contributed by atoms with E-state index in [1.54, 1.807) is 22.7 Å². The fourth-order valence-corrected chi connectivity index (χ4v) is 3.72. The van der Waals surface area contributed by atoms with Gasteiger partial charge in [0.15, 0.2) is 0 Å². The van der Waals surface area contributed by atoms with Crippen LogP contribution in [-0.2, 0) is 0 Å². The van der Waals surface area contributed by atoms with Crippen LogP contribution in [0.15, 0.2) is 29.0 Å². The van der Waals surface area contributed by atoms with Crippen LogP contribution in [0.1, 0.15) is 35.9 Å². The van der Waals surface area contributed by atoms with Gasteiger partial charge in [-0.05, 0) is 40.9 Å². The number of hydrogen-bond acceptors (Lipinski definition) is 4. The summed E-state index contributed by atoms with van der Waals surface area (Å²) >= 11 is 9.15. The van der Waals surface area contributed by atoms with Gasteiger partial charge < -0.3 is 10.4 Å². The molecule has 0 bridgehead atoms. The number of aliphatic hydroxyl groups is 1. The van der Waals surface area contributed by atoms with Crippen molar-refractivity contribution in [3.05, 3.63) is 43.7 Å². The minimum atomic E-state index is -0.444. The molecule has 0 aliphatic rings. The summed E-state index contributed by atoms with van der Waals surface area (Å²) in [5, 5.41) is 17.4. The highest BCUT2D eigenvalue weighted by atomic mass is 35.5. The highest BCUT2D eigenvalue weighted by Crippen LogP contribution is 2.29. The van der Waals surface area contributed by atoms with Crippen molar-refractivity contribution >= 4 is 34.3 Å². The van der Waals surface area contributed by atoms with E-state index < -0.39 is 6.10 Å². The number of thiophene rings is 2. The first kappa shape index (κ1) is 14.0. The summed E-state index contributed by atoms with van der Waals surface area (Å²) in [6.45, 7) is 2.69. The molecule has 0 saturated carbocycles. The fraction of sp³-hybridized carbons (Fsp3) is 0.385. The molecule has 2 aromatic rings. The SMILES string of the molecule is CCC(NCC(O)c1ccsc1)c1ccc(Cl)s1. The Morgan fingerprint density at radius 1 is 1.39 bits per heavy atom. The number of halogens is 1. The zero-order chi connectivity index (χ0) is 13.0. The third-order valence-electron chi connectivity index (χ3n) is 2.83. The lowest BCUT2D eigenvalue weighted by atomic mass is 10.1. The highest BCUT2D eigenvalue weighted by Gasteiger charge is 2.14. The van der Waals surface area contributed by atoms with Crippen LogP contribution in [0.3, 0.4) is 0 Å². The molecule has 0 aromatic carbocycles. The first-order valence-corrected chi connectivity index (χ1v) is 8.03. The summed E-state index contributed by atoms with van der Waals surface area (Å²) in [5.41, 5.74) is 0.978. The quantitative estimate of drug-likeness (QED) is 0.836. The van der Waals surface area contributed by atoms with Crippen molar-refractivity contribution in [1.29, 1.82) is 0 Å². The monoisotopic (exact) mass is 301 g/mol. The van der Waals surface area contributed by atoms with Crippen molar-refractivity contribution < 1.29 is 5.11 Å². The molecule has 2 atom stereocenters. The maximum absolute atomic E-state index is 10.0. The summed E-state index contributed by atoms with van der Waals surface area (Å²) in [6, 6.07) is 6.18. The predicted octanol–water partition coefficient (Wildman–Crippen LogP) is 4.24. The fourth-order valence-electron chi connectivity index (χ4n) is 1.80. The van der Waals surface area contributed by atoms with E-state index in [1.807, 2.05) is 29.0 Å². The first-order chi connectivity index (χ1) is 8.70. The van der Waals surface area contributed by atoms with E-state index in [4.69, 9.17) is 11.6 Å². The Morgan fingerprint density at radius 3 is 2.78 bits per heavy atom. The maximum Gasteiger partial charge on any atom is 0.0931 e. The van der Waals surface area contributed by atoms with Crippen LogP contribution < -0.4 is 5.32 Å². The highest BCUT2D eigenvalue weighted by molar-refractivity contribution is 7.16. The van der Waals surface area contributed by atoms with Crippen molar-refractivity contribution in [1.82, 2.24) is 5.32 Å². The lowest BCUT2D eigenvalue weighted by Crippen LogP contribution is -2.25. The van der Waals surface area contributed by atoms with Crippen molar-refractivity contribution in [3.8, 4) is 0 Å². The molecule has 0 fully saturated rings. The average Bonchev–Trinajstić information content (AvgIpc) is 3.01. The second-order valence-electron chi connectivity index (χ2n) is 4.08. The number of rotatable bonds is 6. The Bertz CT molecular complexity index is 469. The molecule has 5 heteroatoms. The lowest BCUT2D eigenvalue weighted by Gasteiger charge is -2.18. The Hall–Kier alpha value is -0.390.